The molecule has 3 aromatic carbocycles. The molecule has 0 unspecified atom stereocenters. The number of carboxylic acids is 1. The first kappa shape index (κ1) is 26.1. The minimum absolute atomic E-state index is 0.370. The van der Waals surface area contributed by atoms with Gasteiger partial charge in [-0.3, -0.25) is 5.10 Å². The van der Waals surface area contributed by atoms with E-state index in [2.05, 4.69) is 52.5 Å². The molecular formula is C32H34N4O4. The average Bonchev–Trinajstić information content (AvgIpc) is 3.49. The van der Waals surface area contributed by atoms with E-state index in [9.17, 15) is 9.90 Å². The summed E-state index contributed by atoms with van der Waals surface area (Å²) in [5, 5.41) is 21.5. The van der Waals surface area contributed by atoms with Crippen LogP contribution in [0.5, 0.6) is 5.75 Å². The van der Waals surface area contributed by atoms with Gasteiger partial charge < -0.3 is 24.0 Å². The molecular weight excluding hydrogens is 504 g/mol. The van der Waals surface area contributed by atoms with Gasteiger partial charge in [0.15, 0.2) is 0 Å². The van der Waals surface area contributed by atoms with Crippen LogP contribution in [0.2, 0.25) is 0 Å². The Labute approximate surface area is 233 Å². The Morgan fingerprint density at radius 2 is 1.85 bits per heavy atom. The van der Waals surface area contributed by atoms with Crippen LogP contribution < -0.4 is 4.74 Å². The Kier molecular flexibility index (Phi) is 7.28. The van der Waals surface area contributed by atoms with Gasteiger partial charge in [-0.05, 0) is 49.9 Å². The molecule has 206 valence electrons. The third-order valence-electron chi connectivity index (χ3n) is 7.78. The van der Waals surface area contributed by atoms with Crippen molar-refractivity contribution in [3.05, 3.63) is 83.3 Å². The van der Waals surface area contributed by atoms with E-state index in [1.807, 2.05) is 34.9 Å². The molecule has 8 heteroatoms. The highest BCUT2D eigenvalue weighted by Gasteiger charge is 2.27. The largest absolute Gasteiger partial charge is 0.493 e. The number of methoxy groups -OCH3 is 1. The molecule has 0 spiro atoms. The number of carboxylic acid groups (broad SMARTS) is 1. The van der Waals surface area contributed by atoms with Gasteiger partial charge in [0, 0.05) is 42.1 Å². The quantitative estimate of drug-likeness (QED) is 0.240. The number of nitrogens with one attached hydrogen (secondary N) is 1. The van der Waals surface area contributed by atoms with Gasteiger partial charge in [-0.1, -0.05) is 54.6 Å². The summed E-state index contributed by atoms with van der Waals surface area (Å²) in [5.74, 6) is -0.0518. The summed E-state index contributed by atoms with van der Waals surface area (Å²) in [4.78, 5) is 15.0. The fraction of sp³-hybridized carbons (Fsp3) is 0.312. The lowest BCUT2D eigenvalue weighted by molar-refractivity contribution is 0.0684. The predicted octanol–water partition coefficient (Wildman–Crippen LogP) is 5.88. The lowest BCUT2D eigenvalue weighted by Gasteiger charge is -2.20. The molecule has 0 saturated heterocycles. The van der Waals surface area contributed by atoms with Gasteiger partial charge >= 0.3 is 5.97 Å². The van der Waals surface area contributed by atoms with Crippen molar-refractivity contribution >= 4 is 27.6 Å². The van der Waals surface area contributed by atoms with Crippen LogP contribution in [0.1, 0.15) is 40.3 Å². The number of nitrogens with zero attached hydrogens (tertiary/aromatic N) is 3. The van der Waals surface area contributed by atoms with Crippen LogP contribution in [-0.2, 0) is 30.9 Å². The van der Waals surface area contributed by atoms with Crippen LogP contribution in [0.15, 0.2) is 60.7 Å². The van der Waals surface area contributed by atoms with Gasteiger partial charge in [0.1, 0.15) is 11.4 Å². The molecule has 3 heterocycles. The van der Waals surface area contributed by atoms with Gasteiger partial charge in [-0.2, -0.15) is 5.10 Å². The van der Waals surface area contributed by atoms with Crippen LogP contribution in [0, 0.1) is 0 Å². The second-order valence-corrected chi connectivity index (χ2v) is 10.5. The molecule has 6 rings (SSSR count). The van der Waals surface area contributed by atoms with Crippen molar-refractivity contribution in [1.82, 2.24) is 19.7 Å². The van der Waals surface area contributed by atoms with Gasteiger partial charge in [-0.25, -0.2) is 4.79 Å². The maximum absolute atomic E-state index is 12.8. The molecule has 40 heavy (non-hydrogen) atoms. The molecule has 0 fully saturated rings. The van der Waals surface area contributed by atoms with E-state index in [1.54, 1.807) is 7.11 Å². The molecule has 0 amide bonds. The maximum atomic E-state index is 12.8. The molecule has 5 aromatic rings. The number of carbonyl (C=O) groups is 1. The molecule has 1 aliphatic heterocycles. The van der Waals surface area contributed by atoms with Crippen LogP contribution >= 0.6 is 0 Å². The van der Waals surface area contributed by atoms with Crippen LogP contribution in [0.4, 0.5) is 0 Å². The molecule has 2 aromatic heterocycles. The van der Waals surface area contributed by atoms with Crippen molar-refractivity contribution in [3.8, 4) is 16.9 Å². The zero-order chi connectivity index (χ0) is 27.6. The SMILES string of the molecule is COCc1n[nH]c2c1-c1cccc3c(CCCOc4cccc5ccccc45)c(C(=O)O)n(c13)CCCN(C)C2. The van der Waals surface area contributed by atoms with Crippen LogP contribution in [0.3, 0.4) is 0 Å². The topological polar surface area (TPSA) is 92.6 Å². The van der Waals surface area contributed by atoms with Gasteiger partial charge in [-0.15, -0.1) is 0 Å². The lowest BCUT2D eigenvalue weighted by atomic mass is 9.97. The fourth-order valence-electron chi connectivity index (χ4n) is 6.10. The number of para-hydroxylation sites is 1. The highest BCUT2D eigenvalue weighted by atomic mass is 16.5. The van der Waals surface area contributed by atoms with Gasteiger partial charge in [0.2, 0.25) is 0 Å². The Morgan fingerprint density at radius 3 is 2.70 bits per heavy atom. The second kappa shape index (κ2) is 11.2. The summed E-state index contributed by atoms with van der Waals surface area (Å²) in [6.45, 7) is 3.06. The number of H-pyrrole nitrogens is 1. The first-order chi connectivity index (χ1) is 19.6. The summed E-state index contributed by atoms with van der Waals surface area (Å²) >= 11 is 0. The molecule has 0 aliphatic carbocycles. The summed E-state index contributed by atoms with van der Waals surface area (Å²) in [6, 6.07) is 20.4. The number of aromatic nitrogens is 3. The standard InChI is InChI=1S/C32H34N4O4/c1-35-16-8-17-36-30-23(12-6-13-25(30)29-26(19-35)33-34-27(29)20-39-2)24(31(36)32(37)38)14-7-18-40-28-15-5-10-21-9-3-4-11-22(21)28/h3-6,9-13,15H,7-8,14,16-20H2,1-2H3,(H,33,34)(H,37,38). The molecule has 1 aliphatic rings. The number of fused-ring (bicyclic) bond motifs is 3. The first-order valence-electron chi connectivity index (χ1n) is 13.8. The minimum atomic E-state index is -0.901. The molecule has 0 radical (unpaired) electrons. The maximum Gasteiger partial charge on any atom is 0.352 e. The highest BCUT2D eigenvalue weighted by molar-refractivity contribution is 6.04. The second-order valence-electron chi connectivity index (χ2n) is 10.5. The molecule has 0 bridgehead atoms. The monoisotopic (exact) mass is 538 g/mol. The summed E-state index contributed by atoms with van der Waals surface area (Å²) in [6.07, 6.45) is 2.14. The number of benzene rings is 3. The van der Waals surface area contributed by atoms with Crippen molar-refractivity contribution in [2.24, 2.45) is 0 Å². The van der Waals surface area contributed by atoms with Gasteiger partial charge in [0.05, 0.1) is 30.1 Å². The van der Waals surface area contributed by atoms with E-state index in [4.69, 9.17) is 9.47 Å². The van der Waals surface area contributed by atoms with E-state index in [1.165, 1.54) is 0 Å². The Bertz CT molecular complexity index is 1680. The van der Waals surface area contributed by atoms with Gasteiger partial charge in [0.25, 0.3) is 0 Å². The molecule has 2 N–H and O–H groups in total. The number of rotatable bonds is 8. The fourth-order valence-corrected chi connectivity index (χ4v) is 6.10. The van der Waals surface area contributed by atoms with Crippen molar-refractivity contribution in [3.63, 3.8) is 0 Å². The zero-order valence-corrected chi connectivity index (χ0v) is 22.9. The van der Waals surface area contributed by atoms with Crippen LogP contribution in [-0.4, -0.2) is 58.0 Å². The number of hydrogen-bond donors (Lipinski definition) is 2. The number of aryl methyl sites for hydroxylation is 2. The number of hydrogen-bond acceptors (Lipinski definition) is 5. The minimum Gasteiger partial charge on any atom is -0.493 e. The van der Waals surface area contributed by atoms with E-state index in [0.717, 1.165) is 75.0 Å². The summed E-state index contributed by atoms with van der Waals surface area (Å²) < 4.78 is 13.7. The number of aromatic carboxylic acids is 1. The van der Waals surface area contributed by atoms with E-state index in [0.29, 0.717) is 38.3 Å². The van der Waals surface area contributed by atoms with E-state index >= 15 is 0 Å². The molecule has 0 saturated carbocycles. The first-order valence-corrected chi connectivity index (χ1v) is 13.8. The molecule has 0 atom stereocenters. The van der Waals surface area contributed by atoms with Crippen molar-refractivity contribution in [2.45, 2.75) is 39.0 Å². The summed E-state index contributed by atoms with van der Waals surface area (Å²) in [7, 11) is 3.75. The highest BCUT2D eigenvalue weighted by Crippen LogP contribution is 2.39. The Hall–Kier alpha value is -4.14. The predicted molar refractivity (Wildman–Crippen MR) is 156 cm³/mol. The summed E-state index contributed by atoms with van der Waals surface area (Å²) in [5.41, 5.74) is 6.01. The average molecular weight is 539 g/mol. The van der Waals surface area contributed by atoms with Crippen LogP contribution in [0.25, 0.3) is 32.8 Å². The van der Waals surface area contributed by atoms with Crippen molar-refractivity contribution < 1.29 is 19.4 Å². The van der Waals surface area contributed by atoms with E-state index < -0.39 is 5.97 Å². The van der Waals surface area contributed by atoms with Crippen molar-refractivity contribution in [2.75, 3.05) is 27.3 Å². The third-order valence-corrected chi connectivity index (χ3v) is 7.78. The normalized spacial score (nSPS) is 13.9. The van der Waals surface area contributed by atoms with Crippen molar-refractivity contribution in [1.29, 1.82) is 0 Å². The Morgan fingerprint density at radius 1 is 1.05 bits per heavy atom. The smallest absolute Gasteiger partial charge is 0.352 e. The number of aromatic amines is 1. The Balaban J connectivity index is 1.39. The lowest BCUT2D eigenvalue weighted by Crippen LogP contribution is -2.22. The molecule has 8 nitrogen and oxygen atoms in total. The number of ether oxygens (including phenoxy) is 2. The zero-order valence-electron chi connectivity index (χ0n) is 22.9. The van der Waals surface area contributed by atoms with E-state index in [-0.39, 0.29) is 0 Å². The third kappa shape index (κ3) is 4.74.